The van der Waals surface area contributed by atoms with E-state index in [4.69, 9.17) is 4.98 Å². The van der Waals surface area contributed by atoms with Crippen molar-refractivity contribution >= 4 is 22.8 Å². The maximum absolute atomic E-state index is 4.81. The molecular weight excluding hydrogens is 332 g/mol. The van der Waals surface area contributed by atoms with E-state index >= 15 is 0 Å². The molecule has 2 heterocycles. The monoisotopic (exact) mass is 350 g/mol. The number of hydrogen-bond acceptors (Lipinski definition) is 5. The molecule has 25 heavy (non-hydrogen) atoms. The van der Waals surface area contributed by atoms with Gasteiger partial charge >= 0.3 is 0 Å². The van der Waals surface area contributed by atoms with E-state index in [1.54, 1.807) is 11.8 Å². The van der Waals surface area contributed by atoms with Gasteiger partial charge in [-0.05, 0) is 41.1 Å². The van der Waals surface area contributed by atoms with Crippen molar-refractivity contribution in [1.82, 2.24) is 29.8 Å². The molecule has 0 aliphatic rings. The second-order valence-electron chi connectivity index (χ2n) is 5.66. The molecule has 4 aromatic rings. The zero-order valence-electron chi connectivity index (χ0n) is 13.9. The van der Waals surface area contributed by atoms with Gasteiger partial charge in [-0.25, -0.2) is 9.67 Å². The molecule has 0 radical (unpaired) electrons. The Balaban J connectivity index is 1.71. The molecule has 0 saturated carbocycles. The summed E-state index contributed by atoms with van der Waals surface area (Å²) in [6.07, 6.45) is 1.01. The minimum Gasteiger partial charge on any atom is -0.287 e. The molecule has 126 valence electrons. The molecule has 0 atom stereocenters. The van der Waals surface area contributed by atoms with Gasteiger partial charge in [-0.15, -0.1) is 5.10 Å². The van der Waals surface area contributed by atoms with Crippen molar-refractivity contribution < 1.29 is 0 Å². The third kappa shape index (κ3) is 3.15. The van der Waals surface area contributed by atoms with Gasteiger partial charge in [0.1, 0.15) is 0 Å². The number of aromatic nitrogens is 6. The van der Waals surface area contributed by atoms with Crippen LogP contribution in [0.15, 0.2) is 59.8 Å². The molecule has 0 spiro atoms. The van der Waals surface area contributed by atoms with Crippen LogP contribution in [0, 0.1) is 0 Å². The van der Waals surface area contributed by atoms with Crippen molar-refractivity contribution in [2.75, 3.05) is 0 Å². The lowest BCUT2D eigenvalue weighted by atomic mass is 10.3. The van der Waals surface area contributed by atoms with Crippen molar-refractivity contribution in [3.05, 3.63) is 60.4 Å². The first-order chi connectivity index (χ1) is 12.4. The van der Waals surface area contributed by atoms with Gasteiger partial charge in [-0.2, -0.15) is 0 Å². The summed E-state index contributed by atoms with van der Waals surface area (Å²) in [7, 11) is 0. The zero-order chi connectivity index (χ0) is 17.1. The molecule has 0 unspecified atom stereocenters. The van der Waals surface area contributed by atoms with Crippen molar-refractivity contribution in [3.63, 3.8) is 0 Å². The standard InChI is InChI=1S/C18H18N6S/c1-2-12-23-17(20-21-22-23)13-25-18-19-15-10-6-7-11-16(15)24(18)14-8-4-3-5-9-14/h3-11H,2,12-13H2,1H3. The quantitative estimate of drug-likeness (QED) is 0.496. The van der Waals surface area contributed by atoms with Crippen LogP contribution in [-0.4, -0.2) is 29.8 Å². The molecule has 0 saturated heterocycles. The number of thioether (sulfide) groups is 1. The summed E-state index contributed by atoms with van der Waals surface area (Å²) in [6, 6.07) is 18.5. The van der Waals surface area contributed by atoms with E-state index in [-0.39, 0.29) is 0 Å². The predicted molar refractivity (Wildman–Crippen MR) is 98.7 cm³/mol. The highest BCUT2D eigenvalue weighted by atomic mass is 32.2. The Hall–Kier alpha value is -2.67. The second kappa shape index (κ2) is 7.06. The Morgan fingerprint density at radius 2 is 1.80 bits per heavy atom. The molecule has 0 N–H and O–H groups in total. The Bertz CT molecular complexity index is 976. The molecule has 0 bridgehead atoms. The average molecular weight is 350 g/mol. The third-order valence-corrected chi connectivity index (χ3v) is 4.85. The van der Waals surface area contributed by atoms with Crippen LogP contribution < -0.4 is 0 Å². The number of fused-ring (bicyclic) bond motifs is 1. The van der Waals surface area contributed by atoms with Crippen LogP contribution in [0.5, 0.6) is 0 Å². The molecule has 2 aromatic heterocycles. The zero-order valence-corrected chi connectivity index (χ0v) is 14.7. The maximum Gasteiger partial charge on any atom is 0.174 e. The summed E-state index contributed by atoms with van der Waals surface area (Å²) in [5, 5.41) is 12.9. The number of aryl methyl sites for hydroxylation is 1. The molecule has 6 nitrogen and oxygen atoms in total. The summed E-state index contributed by atoms with van der Waals surface area (Å²) in [6.45, 7) is 2.95. The Morgan fingerprint density at radius 1 is 1.00 bits per heavy atom. The third-order valence-electron chi connectivity index (χ3n) is 3.92. The Morgan fingerprint density at radius 3 is 2.64 bits per heavy atom. The van der Waals surface area contributed by atoms with Gasteiger partial charge in [0.25, 0.3) is 0 Å². The maximum atomic E-state index is 4.81. The van der Waals surface area contributed by atoms with E-state index in [2.05, 4.69) is 45.2 Å². The highest BCUT2D eigenvalue weighted by molar-refractivity contribution is 7.98. The number of benzene rings is 2. The van der Waals surface area contributed by atoms with Gasteiger partial charge in [0.05, 0.1) is 16.8 Å². The summed E-state index contributed by atoms with van der Waals surface area (Å²) in [5.74, 6) is 1.56. The minimum absolute atomic E-state index is 0.684. The summed E-state index contributed by atoms with van der Waals surface area (Å²) < 4.78 is 4.05. The van der Waals surface area contributed by atoms with E-state index in [1.807, 2.05) is 41.1 Å². The van der Waals surface area contributed by atoms with Gasteiger partial charge in [0.15, 0.2) is 11.0 Å². The van der Waals surface area contributed by atoms with Crippen LogP contribution in [-0.2, 0) is 12.3 Å². The summed E-state index contributed by atoms with van der Waals surface area (Å²) in [5.41, 5.74) is 3.19. The topological polar surface area (TPSA) is 61.4 Å². The lowest BCUT2D eigenvalue weighted by Gasteiger charge is -2.08. The van der Waals surface area contributed by atoms with E-state index in [0.717, 1.165) is 40.7 Å². The fourth-order valence-electron chi connectivity index (χ4n) is 2.77. The van der Waals surface area contributed by atoms with E-state index in [1.165, 1.54) is 0 Å². The van der Waals surface area contributed by atoms with Gasteiger partial charge in [0, 0.05) is 12.2 Å². The van der Waals surface area contributed by atoms with Crippen LogP contribution in [0.4, 0.5) is 0 Å². The number of tetrazole rings is 1. The number of hydrogen-bond donors (Lipinski definition) is 0. The first-order valence-electron chi connectivity index (χ1n) is 8.27. The summed E-state index contributed by atoms with van der Waals surface area (Å²) >= 11 is 1.65. The fraction of sp³-hybridized carbons (Fsp3) is 0.222. The highest BCUT2D eigenvalue weighted by Crippen LogP contribution is 2.29. The first-order valence-corrected chi connectivity index (χ1v) is 9.26. The smallest absolute Gasteiger partial charge is 0.174 e. The molecule has 0 fully saturated rings. The van der Waals surface area contributed by atoms with Gasteiger partial charge < -0.3 is 0 Å². The lowest BCUT2D eigenvalue weighted by Crippen LogP contribution is -2.05. The SMILES string of the molecule is CCCn1nnnc1CSc1nc2ccccc2n1-c1ccccc1. The van der Waals surface area contributed by atoms with E-state index in [0.29, 0.717) is 5.75 Å². The molecule has 0 aliphatic heterocycles. The molecular formula is C18H18N6S. The normalized spacial score (nSPS) is 11.2. The van der Waals surface area contributed by atoms with Gasteiger partial charge in [-0.3, -0.25) is 4.57 Å². The van der Waals surface area contributed by atoms with Crippen LogP contribution in [0.25, 0.3) is 16.7 Å². The van der Waals surface area contributed by atoms with Crippen molar-refractivity contribution in [3.8, 4) is 5.69 Å². The van der Waals surface area contributed by atoms with Crippen molar-refractivity contribution in [2.24, 2.45) is 0 Å². The molecule has 0 aliphatic carbocycles. The van der Waals surface area contributed by atoms with E-state index < -0.39 is 0 Å². The van der Waals surface area contributed by atoms with Crippen LogP contribution in [0.1, 0.15) is 19.2 Å². The fourth-order valence-corrected chi connectivity index (χ4v) is 3.73. The Labute approximate surface area is 149 Å². The predicted octanol–water partition coefficient (Wildman–Crippen LogP) is 3.71. The number of para-hydroxylation sites is 3. The molecule has 7 heteroatoms. The van der Waals surface area contributed by atoms with Crippen LogP contribution in [0.3, 0.4) is 0 Å². The minimum atomic E-state index is 0.684. The number of nitrogens with zero attached hydrogens (tertiary/aromatic N) is 6. The number of rotatable bonds is 6. The van der Waals surface area contributed by atoms with Gasteiger partial charge in [0.2, 0.25) is 0 Å². The van der Waals surface area contributed by atoms with Crippen molar-refractivity contribution in [2.45, 2.75) is 30.8 Å². The average Bonchev–Trinajstić information content (AvgIpc) is 3.24. The first kappa shape index (κ1) is 15.8. The highest BCUT2D eigenvalue weighted by Gasteiger charge is 2.14. The largest absolute Gasteiger partial charge is 0.287 e. The van der Waals surface area contributed by atoms with Gasteiger partial charge in [-0.1, -0.05) is 49.0 Å². The molecule has 0 amide bonds. The molecule has 2 aromatic carbocycles. The van der Waals surface area contributed by atoms with E-state index in [9.17, 15) is 0 Å². The second-order valence-corrected chi connectivity index (χ2v) is 6.60. The molecule has 4 rings (SSSR count). The lowest BCUT2D eigenvalue weighted by molar-refractivity contribution is 0.564. The van der Waals surface area contributed by atoms with Crippen molar-refractivity contribution in [1.29, 1.82) is 0 Å². The summed E-state index contributed by atoms with van der Waals surface area (Å²) in [4.78, 5) is 4.81. The van der Waals surface area contributed by atoms with Crippen LogP contribution in [0.2, 0.25) is 0 Å². The van der Waals surface area contributed by atoms with Crippen LogP contribution >= 0.6 is 11.8 Å². The Kier molecular flexibility index (Phi) is 4.47. The number of imidazole rings is 1.